The second-order valence-electron chi connectivity index (χ2n) is 6.96. The number of hydrogen-bond acceptors (Lipinski definition) is 2. The summed E-state index contributed by atoms with van der Waals surface area (Å²) in [4.78, 5) is 15.0. The van der Waals surface area contributed by atoms with E-state index in [9.17, 15) is 4.79 Å². The van der Waals surface area contributed by atoms with Crippen molar-refractivity contribution < 1.29 is 4.79 Å². The van der Waals surface area contributed by atoms with Crippen molar-refractivity contribution in [3.8, 4) is 0 Å². The summed E-state index contributed by atoms with van der Waals surface area (Å²) in [7, 11) is 0. The van der Waals surface area contributed by atoms with Gasteiger partial charge in [-0.1, -0.05) is 18.2 Å². The summed E-state index contributed by atoms with van der Waals surface area (Å²) in [6, 6.07) is 7.91. The molecule has 1 N–H and O–H groups in total. The van der Waals surface area contributed by atoms with Gasteiger partial charge in [-0.05, 0) is 64.2 Å². The van der Waals surface area contributed by atoms with Crippen LogP contribution in [0, 0.1) is 0 Å². The summed E-state index contributed by atoms with van der Waals surface area (Å²) in [5, 5.41) is 3.46. The number of carbonyl (C=O) groups is 1. The summed E-state index contributed by atoms with van der Waals surface area (Å²) in [5.74, 6) is 0.175. The Morgan fingerprint density at radius 2 is 1.95 bits per heavy atom. The van der Waals surface area contributed by atoms with E-state index in [0.717, 1.165) is 24.2 Å². The molecule has 112 valence electrons. The molecule has 3 rings (SSSR count). The van der Waals surface area contributed by atoms with Gasteiger partial charge in [0.15, 0.2) is 0 Å². The summed E-state index contributed by atoms with van der Waals surface area (Å²) >= 11 is 0. The normalized spacial score (nSPS) is 22.4. The van der Waals surface area contributed by atoms with Gasteiger partial charge in [0, 0.05) is 5.54 Å². The highest BCUT2D eigenvalue weighted by Gasteiger charge is 2.39. The van der Waals surface area contributed by atoms with Gasteiger partial charge in [-0.15, -0.1) is 0 Å². The molecule has 1 aromatic rings. The monoisotopic (exact) mass is 284 g/mol. The highest BCUT2D eigenvalue weighted by Crippen LogP contribution is 2.38. The molecule has 1 atom stereocenters. The Hall–Kier alpha value is -1.77. The third-order valence-electron chi connectivity index (χ3n) is 4.28. The van der Waals surface area contributed by atoms with Gasteiger partial charge in [0.1, 0.15) is 6.04 Å². The summed E-state index contributed by atoms with van der Waals surface area (Å²) in [5.41, 5.74) is 3.09. The first kappa shape index (κ1) is 14.2. The number of nitrogens with one attached hydrogen (secondary N) is 1. The number of amides is 1. The Morgan fingerprint density at radius 3 is 2.62 bits per heavy atom. The standard InChI is InChI=1S/C18H24N2O/c1-18(2,3)20-15-12-8-7-11-14(15)19-16(17(20)21)13-9-5-4-6-10-13/h7-9,11-12,16,19H,4-6,10H2,1-3H3. The molecule has 3 nitrogen and oxygen atoms in total. The number of para-hydroxylation sites is 2. The molecule has 0 bridgehead atoms. The molecule has 0 fully saturated rings. The molecule has 1 aliphatic carbocycles. The average molecular weight is 284 g/mol. The molecule has 0 saturated carbocycles. The number of carbonyl (C=O) groups excluding carboxylic acids is 1. The number of fused-ring (bicyclic) bond motifs is 1. The Bertz CT molecular complexity index is 583. The maximum atomic E-state index is 13.1. The van der Waals surface area contributed by atoms with E-state index in [4.69, 9.17) is 0 Å². The summed E-state index contributed by atoms with van der Waals surface area (Å²) < 4.78 is 0. The SMILES string of the molecule is CC(C)(C)N1C(=O)C(C2=CCCCC2)Nc2ccccc21. The lowest BCUT2D eigenvalue weighted by Crippen LogP contribution is -2.55. The van der Waals surface area contributed by atoms with Crippen LogP contribution in [0.25, 0.3) is 0 Å². The Balaban J connectivity index is 2.04. The van der Waals surface area contributed by atoms with Gasteiger partial charge in [-0.25, -0.2) is 0 Å². The Kier molecular flexibility index (Phi) is 3.52. The van der Waals surface area contributed by atoms with E-state index in [1.54, 1.807) is 0 Å². The molecule has 0 aromatic heterocycles. The predicted octanol–water partition coefficient (Wildman–Crippen LogP) is 4.11. The molecule has 1 aliphatic heterocycles. The molecule has 21 heavy (non-hydrogen) atoms. The second-order valence-corrected chi connectivity index (χ2v) is 6.96. The van der Waals surface area contributed by atoms with Crippen molar-refractivity contribution in [1.29, 1.82) is 0 Å². The van der Waals surface area contributed by atoms with Gasteiger partial charge in [0.2, 0.25) is 0 Å². The van der Waals surface area contributed by atoms with Crippen molar-refractivity contribution in [3.05, 3.63) is 35.9 Å². The number of anilines is 2. The van der Waals surface area contributed by atoms with E-state index in [1.807, 2.05) is 23.1 Å². The van der Waals surface area contributed by atoms with Gasteiger partial charge in [0.25, 0.3) is 5.91 Å². The van der Waals surface area contributed by atoms with Crippen LogP contribution in [0.15, 0.2) is 35.9 Å². The molecular weight excluding hydrogens is 260 g/mol. The highest BCUT2D eigenvalue weighted by molar-refractivity contribution is 6.07. The molecule has 2 aliphatic rings. The first-order chi connectivity index (χ1) is 9.98. The van der Waals surface area contributed by atoms with Crippen LogP contribution < -0.4 is 10.2 Å². The third kappa shape index (κ3) is 2.57. The quantitative estimate of drug-likeness (QED) is 0.787. The summed E-state index contributed by atoms with van der Waals surface area (Å²) in [6.45, 7) is 6.29. The molecule has 3 heteroatoms. The molecule has 1 heterocycles. The lowest BCUT2D eigenvalue weighted by atomic mass is 9.90. The molecule has 1 aromatic carbocycles. The second kappa shape index (κ2) is 5.21. The van der Waals surface area contributed by atoms with E-state index < -0.39 is 0 Å². The van der Waals surface area contributed by atoms with Gasteiger partial charge in [0.05, 0.1) is 11.4 Å². The average Bonchev–Trinajstić information content (AvgIpc) is 2.46. The van der Waals surface area contributed by atoms with Crippen LogP contribution in [-0.4, -0.2) is 17.5 Å². The summed E-state index contributed by atoms with van der Waals surface area (Å²) in [6.07, 6.45) is 6.81. The number of benzene rings is 1. The number of hydrogen-bond donors (Lipinski definition) is 1. The van der Waals surface area contributed by atoms with Crippen molar-refractivity contribution in [2.24, 2.45) is 0 Å². The van der Waals surface area contributed by atoms with Crippen molar-refractivity contribution in [3.63, 3.8) is 0 Å². The van der Waals surface area contributed by atoms with Crippen LogP contribution >= 0.6 is 0 Å². The van der Waals surface area contributed by atoms with Crippen molar-refractivity contribution in [2.75, 3.05) is 10.2 Å². The first-order valence-electron chi connectivity index (χ1n) is 7.87. The zero-order chi connectivity index (χ0) is 15.0. The lowest BCUT2D eigenvalue weighted by Gasteiger charge is -2.43. The van der Waals surface area contributed by atoms with Crippen LogP contribution in [0.3, 0.4) is 0 Å². The maximum absolute atomic E-state index is 13.1. The Morgan fingerprint density at radius 1 is 1.19 bits per heavy atom. The smallest absolute Gasteiger partial charge is 0.254 e. The van der Waals surface area contributed by atoms with Crippen molar-refractivity contribution in [2.45, 2.75) is 58.0 Å². The van der Waals surface area contributed by atoms with Crippen molar-refractivity contribution in [1.82, 2.24) is 0 Å². The minimum absolute atomic E-state index is 0.175. The third-order valence-corrected chi connectivity index (χ3v) is 4.28. The van der Waals surface area contributed by atoms with Gasteiger partial charge < -0.3 is 10.2 Å². The molecule has 0 saturated heterocycles. The van der Waals surface area contributed by atoms with E-state index in [-0.39, 0.29) is 17.5 Å². The van der Waals surface area contributed by atoms with E-state index in [2.05, 4.69) is 38.2 Å². The lowest BCUT2D eigenvalue weighted by molar-refractivity contribution is -0.119. The fourth-order valence-electron chi connectivity index (χ4n) is 3.32. The van der Waals surface area contributed by atoms with Crippen LogP contribution in [0.5, 0.6) is 0 Å². The highest BCUT2D eigenvalue weighted by atomic mass is 16.2. The molecule has 1 unspecified atom stereocenters. The van der Waals surface area contributed by atoms with E-state index in [0.29, 0.717) is 0 Å². The molecule has 0 radical (unpaired) electrons. The topological polar surface area (TPSA) is 32.3 Å². The fraction of sp³-hybridized carbons (Fsp3) is 0.500. The Labute approximate surface area is 127 Å². The maximum Gasteiger partial charge on any atom is 0.254 e. The van der Waals surface area contributed by atoms with Crippen LogP contribution in [-0.2, 0) is 4.79 Å². The van der Waals surface area contributed by atoms with Gasteiger partial charge in [-0.2, -0.15) is 0 Å². The van der Waals surface area contributed by atoms with Crippen LogP contribution in [0.2, 0.25) is 0 Å². The first-order valence-corrected chi connectivity index (χ1v) is 7.87. The fourth-order valence-corrected chi connectivity index (χ4v) is 3.32. The molecule has 0 spiro atoms. The van der Waals surface area contributed by atoms with Gasteiger partial charge in [-0.3, -0.25) is 4.79 Å². The minimum Gasteiger partial charge on any atom is -0.369 e. The zero-order valence-electron chi connectivity index (χ0n) is 13.1. The molecular formula is C18H24N2O. The minimum atomic E-state index is -0.219. The van der Waals surface area contributed by atoms with Gasteiger partial charge >= 0.3 is 0 Å². The van der Waals surface area contributed by atoms with E-state index in [1.165, 1.54) is 18.4 Å². The van der Waals surface area contributed by atoms with Crippen molar-refractivity contribution >= 4 is 17.3 Å². The van der Waals surface area contributed by atoms with Crippen LogP contribution in [0.4, 0.5) is 11.4 Å². The largest absolute Gasteiger partial charge is 0.369 e. The number of allylic oxidation sites excluding steroid dienone is 1. The van der Waals surface area contributed by atoms with Crippen LogP contribution in [0.1, 0.15) is 46.5 Å². The number of rotatable bonds is 1. The van der Waals surface area contributed by atoms with E-state index >= 15 is 0 Å². The zero-order valence-corrected chi connectivity index (χ0v) is 13.1. The molecule has 1 amide bonds. The predicted molar refractivity (Wildman–Crippen MR) is 87.6 cm³/mol. The number of nitrogens with zero attached hydrogens (tertiary/aromatic N) is 1.